The minimum atomic E-state index is -1.62. The zero-order valence-electron chi connectivity index (χ0n) is 11.5. The molecule has 0 radical (unpaired) electrons. The van der Waals surface area contributed by atoms with Crippen molar-refractivity contribution in [2.24, 2.45) is 0 Å². The highest BCUT2D eigenvalue weighted by Gasteiger charge is 2.33. The average Bonchev–Trinajstić information content (AvgIpc) is 2.46. The summed E-state index contributed by atoms with van der Waals surface area (Å²) in [6.07, 6.45) is -1.62. The summed E-state index contributed by atoms with van der Waals surface area (Å²) in [5.74, 6) is -3.30. The monoisotopic (exact) mass is 299 g/mol. The molecular formula is C14H15F2NO4. The molecule has 114 valence electrons. The lowest BCUT2D eigenvalue weighted by Crippen LogP contribution is -2.44. The minimum Gasteiger partial charge on any atom is -0.447 e. The number of halogens is 2. The van der Waals surface area contributed by atoms with Crippen LogP contribution in [-0.2, 0) is 19.1 Å². The van der Waals surface area contributed by atoms with Crippen molar-refractivity contribution in [2.75, 3.05) is 26.3 Å². The van der Waals surface area contributed by atoms with Gasteiger partial charge in [0.15, 0.2) is 0 Å². The topological polar surface area (TPSA) is 55.8 Å². The highest BCUT2D eigenvalue weighted by molar-refractivity contribution is 5.85. The molecule has 1 heterocycles. The summed E-state index contributed by atoms with van der Waals surface area (Å²) >= 11 is 0. The molecule has 1 aliphatic rings. The molecule has 0 unspecified atom stereocenters. The Morgan fingerprint density at radius 3 is 2.33 bits per heavy atom. The first-order valence-corrected chi connectivity index (χ1v) is 6.48. The van der Waals surface area contributed by atoms with Gasteiger partial charge in [0.25, 0.3) is 5.91 Å². The third-order valence-corrected chi connectivity index (χ3v) is 3.09. The Bertz CT molecular complexity index is 524. The molecule has 1 aromatic carbocycles. The number of ether oxygens (including phenoxy) is 2. The van der Waals surface area contributed by atoms with E-state index in [1.54, 1.807) is 0 Å². The first kappa shape index (κ1) is 15.4. The van der Waals surface area contributed by atoms with Crippen LogP contribution in [0.3, 0.4) is 0 Å². The molecule has 1 atom stereocenters. The van der Waals surface area contributed by atoms with Gasteiger partial charge in [-0.1, -0.05) is 6.07 Å². The summed E-state index contributed by atoms with van der Waals surface area (Å²) in [4.78, 5) is 24.9. The standard InChI is InChI=1S/C14H15F2NO4/c1-9(18)21-13(12-10(15)3-2-4-11(12)16)14(19)17-5-7-20-8-6-17/h2-4,13H,5-8H2,1H3/t13-/m1/s1. The van der Waals surface area contributed by atoms with Crippen molar-refractivity contribution in [3.8, 4) is 0 Å². The number of carbonyl (C=O) groups is 2. The van der Waals surface area contributed by atoms with Crippen LogP contribution in [0.4, 0.5) is 8.78 Å². The van der Waals surface area contributed by atoms with Crippen LogP contribution in [0, 0.1) is 11.6 Å². The van der Waals surface area contributed by atoms with Crippen molar-refractivity contribution in [3.63, 3.8) is 0 Å². The molecule has 1 saturated heterocycles. The Labute approximate surface area is 120 Å². The van der Waals surface area contributed by atoms with Gasteiger partial charge >= 0.3 is 5.97 Å². The molecule has 0 spiro atoms. The summed E-state index contributed by atoms with van der Waals surface area (Å²) < 4.78 is 37.7. The zero-order chi connectivity index (χ0) is 15.4. The van der Waals surface area contributed by atoms with Gasteiger partial charge in [0, 0.05) is 20.0 Å². The van der Waals surface area contributed by atoms with Gasteiger partial charge in [-0.25, -0.2) is 8.78 Å². The SMILES string of the molecule is CC(=O)O[C@@H](C(=O)N1CCOCC1)c1c(F)cccc1F. The lowest BCUT2D eigenvalue weighted by Gasteiger charge is -2.30. The van der Waals surface area contributed by atoms with Gasteiger partial charge in [-0.05, 0) is 12.1 Å². The average molecular weight is 299 g/mol. The molecule has 2 rings (SSSR count). The normalized spacial score (nSPS) is 16.4. The molecule has 0 N–H and O–H groups in total. The second-order valence-corrected chi connectivity index (χ2v) is 4.56. The summed E-state index contributed by atoms with van der Waals surface area (Å²) in [6, 6.07) is 3.21. The van der Waals surface area contributed by atoms with Crippen molar-refractivity contribution in [1.82, 2.24) is 4.90 Å². The number of benzene rings is 1. The number of carbonyl (C=O) groups excluding carboxylic acids is 2. The van der Waals surface area contributed by atoms with E-state index in [0.717, 1.165) is 19.1 Å². The summed E-state index contributed by atoms with van der Waals surface area (Å²) in [5, 5.41) is 0. The first-order valence-electron chi connectivity index (χ1n) is 6.48. The first-order chi connectivity index (χ1) is 10.0. The molecule has 1 aromatic rings. The van der Waals surface area contributed by atoms with E-state index in [-0.39, 0.29) is 13.1 Å². The van der Waals surface area contributed by atoms with Crippen LogP contribution in [0.5, 0.6) is 0 Å². The highest BCUT2D eigenvalue weighted by atomic mass is 19.1. The molecule has 0 saturated carbocycles. The lowest BCUT2D eigenvalue weighted by molar-refractivity contribution is -0.161. The van der Waals surface area contributed by atoms with E-state index in [1.807, 2.05) is 0 Å². The predicted octanol–water partition coefficient (Wildman–Crippen LogP) is 1.43. The Hall–Kier alpha value is -2.02. The van der Waals surface area contributed by atoms with Crippen molar-refractivity contribution in [1.29, 1.82) is 0 Å². The van der Waals surface area contributed by atoms with E-state index < -0.39 is 35.2 Å². The lowest BCUT2D eigenvalue weighted by atomic mass is 10.1. The number of nitrogens with zero attached hydrogens (tertiary/aromatic N) is 1. The van der Waals surface area contributed by atoms with Crippen LogP contribution in [0.2, 0.25) is 0 Å². The number of rotatable bonds is 3. The molecule has 1 aliphatic heterocycles. The smallest absolute Gasteiger partial charge is 0.303 e. The molecule has 1 fully saturated rings. The Kier molecular flexibility index (Phi) is 4.85. The van der Waals surface area contributed by atoms with Gasteiger partial charge in [-0.3, -0.25) is 9.59 Å². The Morgan fingerprint density at radius 2 is 1.81 bits per heavy atom. The van der Waals surface area contributed by atoms with Gasteiger partial charge in [0.1, 0.15) is 11.6 Å². The van der Waals surface area contributed by atoms with E-state index in [0.29, 0.717) is 13.2 Å². The van der Waals surface area contributed by atoms with Crippen molar-refractivity contribution < 1.29 is 27.8 Å². The van der Waals surface area contributed by atoms with Crippen LogP contribution in [-0.4, -0.2) is 43.1 Å². The molecule has 21 heavy (non-hydrogen) atoms. The maximum absolute atomic E-state index is 13.9. The van der Waals surface area contributed by atoms with Gasteiger partial charge in [-0.15, -0.1) is 0 Å². The van der Waals surface area contributed by atoms with Crippen LogP contribution in [0.25, 0.3) is 0 Å². The Morgan fingerprint density at radius 1 is 1.24 bits per heavy atom. The molecular weight excluding hydrogens is 284 g/mol. The highest BCUT2D eigenvalue weighted by Crippen LogP contribution is 2.26. The number of amides is 1. The Balaban J connectivity index is 2.33. The fourth-order valence-corrected chi connectivity index (χ4v) is 2.11. The summed E-state index contributed by atoms with van der Waals surface area (Å²) in [6.45, 7) is 2.31. The van der Waals surface area contributed by atoms with Gasteiger partial charge < -0.3 is 14.4 Å². The quantitative estimate of drug-likeness (QED) is 0.792. The second-order valence-electron chi connectivity index (χ2n) is 4.56. The number of esters is 1. The van der Waals surface area contributed by atoms with Crippen LogP contribution < -0.4 is 0 Å². The molecule has 0 aliphatic carbocycles. The van der Waals surface area contributed by atoms with Gasteiger partial charge in [0.2, 0.25) is 6.10 Å². The molecule has 0 bridgehead atoms. The van der Waals surface area contributed by atoms with E-state index in [4.69, 9.17) is 9.47 Å². The van der Waals surface area contributed by atoms with E-state index in [9.17, 15) is 18.4 Å². The second kappa shape index (κ2) is 6.62. The number of hydrogen-bond acceptors (Lipinski definition) is 4. The zero-order valence-corrected chi connectivity index (χ0v) is 11.5. The summed E-state index contributed by atoms with van der Waals surface area (Å²) in [5.41, 5.74) is -0.552. The van der Waals surface area contributed by atoms with Crippen LogP contribution in [0.1, 0.15) is 18.6 Å². The summed E-state index contributed by atoms with van der Waals surface area (Å²) in [7, 11) is 0. The molecule has 7 heteroatoms. The fraction of sp³-hybridized carbons (Fsp3) is 0.429. The number of hydrogen-bond donors (Lipinski definition) is 0. The van der Waals surface area contributed by atoms with Gasteiger partial charge in [0.05, 0.1) is 18.8 Å². The van der Waals surface area contributed by atoms with Crippen LogP contribution >= 0.6 is 0 Å². The van der Waals surface area contributed by atoms with Gasteiger partial charge in [-0.2, -0.15) is 0 Å². The minimum absolute atomic E-state index is 0.284. The van der Waals surface area contributed by atoms with E-state index >= 15 is 0 Å². The van der Waals surface area contributed by atoms with Crippen molar-refractivity contribution in [3.05, 3.63) is 35.4 Å². The molecule has 0 aromatic heterocycles. The van der Waals surface area contributed by atoms with Crippen molar-refractivity contribution in [2.45, 2.75) is 13.0 Å². The number of morpholine rings is 1. The van der Waals surface area contributed by atoms with Crippen LogP contribution in [0.15, 0.2) is 18.2 Å². The van der Waals surface area contributed by atoms with E-state index in [2.05, 4.69) is 0 Å². The fourth-order valence-electron chi connectivity index (χ4n) is 2.11. The van der Waals surface area contributed by atoms with E-state index in [1.165, 1.54) is 11.0 Å². The maximum atomic E-state index is 13.9. The predicted molar refractivity (Wildman–Crippen MR) is 68.3 cm³/mol. The molecule has 5 nitrogen and oxygen atoms in total. The third kappa shape index (κ3) is 3.55. The molecule has 1 amide bonds. The third-order valence-electron chi connectivity index (χ3n) is 3.09. The maximum Gasteiger partial charge on any atom is 0.303 e. The van der Waals surface area contributed by atoms with Crippen molar-refractivity contribution >= 4 is 11.9 Å². The largest absolute Gasteiger partial charge is 0.447 e.